The van der Waals surface area contributed by atoms with Gasteiger partial charge in [-0.2, -0.15) is 0 Å². The number of nitrogens with zero attached hydrogens (tertiary/aromatic N) is 1. The van der Waals surface area contributed by atoms with Crippen molar-refractivity contribution in [1.82, 2.24) is 4.90 Å². The molecule has 0 rings (SSSR count). The van der Waals surface area contributed by atoms with E-state index in [9.17, 15) is 9.90 Å². The van der Waals surface area contributed by atoms with Crippen LogP contribution in [0.15, 0.2) is 0 Å². The summed E-state index contributed by atoms with van der Waals surface area (Å²) in [4.78, 5) is 13.0. The van der Waals surface area contributed by atoms with Gasteiger partial charge < -0.3 is 10.0 Å². The Balaban J connectivity index is 4.57. The van der Waals surface area contributed by atoms with Crippen LogP contribution in [0.25, 0.3) is 0 Å². The van der Waals surface area contributed by atoms with Gasteiger partial charge in [-0.3, -0.25) is 0 Å². The van der Waals surface area contributed by atoms with Gasteiger partial charge in [0.05, 0.1) is 0 Å². The molecule has 0 saturated heterocycles. The molecule has 2 atom stereocenters. The summed E-state index contributed by atoms with van der Waals surface area (Å²) in [6.45, 7) is 8.32. The molecular formula is C13H27NO2. The molecule has 0 spiro atoms. The van der Waals surface area contributed by atoms with Crippen molar-refractivity contribution in [2.75, 3.05) is 0 Å². The normalized spacial score (nSPS) is 14.5. The highest BCUT2D eigenvalue weighted by molar-refractivity contribution is 5.65. The molecule has 0 heterocycles. The highest BCUT2D eigenvalue weighted by Crippen LogP contribution is 2.19. The Morgan fingerprint density at radius 1 is 1.19 bits per heavy atom. The van der Waals surface area contributed by atoms with Crippen LogP contribution >= 0.6 is 0 Å². The zero-order valence-electron chi connectivity index (χ0n) is 11.2. The Hall–Kier alpha value is -0.730. The van der Waals surface area contributed by atoms with E-state index in [4.69, 9.17) is 0 Å². The van der Waals surface area contributed by atoms with Crippen molar-refractivity contribution in [2.45, 2.75) is 78.3 Å². The topological polar surface area (TPSA) is 40.5 Å². The second-order valence-corrected chi connectivity index (χ2v) is 4.53. The average molecular weight is 229 g/mol. The standard InChI is InChI=1S/C13H27NO2/c1-5-8-10-12(9-6-2)14(13(15)16)11(4)7-3/h11-12H,5-10H2,1-4H3,(H,15,16). The molecule has 0 aromatic rings. The molecule has 3 heteroatoms. The molecule has 2 unspecified atom stereocenters. The lowest BCUT2D eigenvalue weighted by Gasteiger charge is -2.34. The third-order valence-electron chi connectivity index (χ3n) is 3.19. The zero-order valence-corrected chi connectivity index (χ0v) is 11.2. The van der Waals surface area contributed by atoms with Gasteiger partial charge in [0.15, 0.2) is 0 Å². The molecular weight excluding hydrogens is 202 g/mol. The largest absolute Gasteiger partial charge is 0.465 e. The first kappa shape index (κ1) is 15.3. The van der Waals surface area contributed by atoms with Gasteiger partial charge in [0.2, 0.25) is 0 Å². The smallest absolute Gasteiger partial charge is 0.407 e. The van der Waals surface area contributed by atoms with E-state index in [1.165, 1.54) is 0 Å². The number of unbranched alkanes of at least 4 members (excludes halogenated alkanes) is 1. The second-order valence-electron chi connectivity index (χ2n) is 4.53. The first-order valence-corrected chi connectivity index (χ1v) is 6.59. The van der Waals surface area contributed by atoms with E-state index in [2.05, 4.69) is 13.8 Å². The van der Waals surface area contributed by atoms with E-state index in [1.807, 2.05) is 13.8 Å². The van der Waals surface area contributed by atoms with E-state index in [-0.39, 0.29) is 12.1 Å². The van der Waals surface area contributed by atoms with E-state index in [1.54, 1.807) is 4.90 Å². The van der Waals surface area contributed by atoms with Crippen molar-refractivity contribution in [3.63, 3.8) is 0 Å². The fraction of sp³-hybridized carbons (Fsp3) is 0.923. The van der Waals surface area contributed by atoms with Crippen molar-refractivity contribution in [3.8, 4) is 0 Å². The summed E-state index contributed by atoms with van der Waals surface area (Å²) >= 11 is 0. The van der Waals surface area contributed by atoms with Gasteiger partial charge in [0.1, 0.15) is 0 Å². The third kappa shape index (κ3) is 4.86. The van der Waals surface area contributed by atoms with Crippen LogP contribution in [0.4, 0.5) is 4.79 Å². The number of rotatable bonds is 8. The van der Waals surface area contributed by atoms with Crippen LogP contribution in [0.1, 0.15) is 66.2 Å². The quantitative estimate of drug-likeness (QED) is 0.680. The molecule has 0 aromatic carbocycles. The summed E-state index contributed by atoms with van der Waals surface area (Å²) in [5.74, 6) is 0. The van der Waals surface area contributed by atoms with Crippen molar-refractivity contribution >= 4 is 6.09 Å². The van der Waals surface area contributed by atoms with Crippen LogP contribution in [0.5, 0.6) is 0 Å². The van der Waals surface area contributed by atoms with Crippen LogP contribution in [0.2, 0.25) is 0 Å². The predicted molar refractivity (Wildman–Crippen MR) is 67.8 cm³/mol. The molecule has 1 N–H and O–H groups in total. The maximum absolute atomic E-state index is 11.3. The monoisotopic (exact) mass is 229 g/mol. The Labute approximate surface area is 99.8 Å². The Morgan fingerprint density at radius 2 is 1.81 bits per heavy atom. The summed E-state index contributed by atoms with van der Waals surface area (Å²) in [5.41, 5.74) is 0. The maximum atomic E-state index is 11.3. The minimum atomic E-state index is -0.760. The molecule has 0 aliphatic heterocycles. The highest BCUT2D eigenvalue weighted by Gasteiger charge is 2.25. The minimum absolute atomic E-state index is 0.130. The lowest BCUT2D eigenvalue weighted by atomic mass is 10.0. The third-order valence-corrected chi connectivity index (χ3v) is 3.19. The van der Waals surface area contributed by atoms with Crippen molar-refractivity contribution in [1.29, 1.82) is 0 Å². The first-order chi connectivity index (χ1) is 7.58. The van der Waals surface area contributed by atoms with Gasteiger partial charge in [-0.15, -0.1) is 0 Å². The average Bonchev–Trinajstić information content (AvgIpc) is 2.25. The zero-order chi connectivity index (χ0) is 12.6. The summed E-state index contributed by atoms with van der Waals surface area (Å²) in [6.07, 6.45) is 5.41. The molecule has 3 nitrogen and oxygen atoms in total. The SMILES string of the molecule is CCCCC(CCC)N(C(=O)O)C(C)CC. The minimum Gasteiger partial charge on any atom is -0.465 e. The van der Waals surface area contributed by atoms with Crippen molar-refractivity contribution < 1.29 is 9.90 Å². The van der Waals surface area contributed by atoms with Crippen LogP contribution in [0, 0.1) is 0 Å². The summed E-state index contributed by atoms with van der Waals surface area (Å²) in [5, 5.41) is 9.30. The Bertz CT molecular complexity index is 194. The first-order valence-electron chi connectivity index (χ1n) is 6.59. The molecule has 0 fully saturated rings. The predicted octanol–water partition coefficient (Wildman–Crippen LogP) is 4.12. The lowest BCUT2D eigenvalue weighted by molar-refractivity contribution is 0.0935. The van der Waals surface area contributed by atoms with E-state index in [0.717, 1.165) is 38.5 Å². The number of carbonyl (C=O) groups is 1. The highest BCUT2D eigenvalue weighted by atomic mass is 16.4. The number of hydrogen-bond acceptors (Lipinski definition) is 1. The van der Waals surface area contributed by atoms with Gasteiger partial charge in [0.25, 0.3) is 0 Å². The number of hydrogen-bond donors (Lipinski definition) is 1. The molecule has 96 valence electrons. The Morgan fingerprint density at radius 3 is 2.19 bits per heavy atom. The van der Waals surface area contributed by atoms with Gasteiger partial charge in [-0.05, 0) is 26.2 Å². The van der Waals surface area contributed by atoms with Gasteiger partial charge in [0, 0.05) is 12.1 Å². The molecule has 0 aliphatic carbocycles. The van der Waals surface area contributed by atoms with Crippen LogP contribution in [-0.2, 0) is 0 Å². The van der Waals surface area contributed by atoms with E-state index < -0.39 is 6.09 Å². The lowest BCUT2D eigenvalue weighted by Crippen LogP contribution is -2.45. The number of carboxylic acid groups (broad SMARTS) is 1. The molecule has 0 bridgehead atoms. The van der Waals surface area contributed by atoms with Crippen molar-refractivity contribution in [2.24, 2.45) is 0 Å². The fourth-order valence-corrected chi connectivity index (χ4v) is 2.10. The van der Waals surface area contributed by atoms with E-state index in [0.29, 0.717) is 0 Å². The van der Waals surface area contributed by atoms with E-state index >= 15 is 0 Å². The molecule has 1 amide bonds. The number of amides is 1. The molecule has 0 saturated carbocycles. The summed E-state index contributed by atoms with van der Waals surface area (Å²) in [7, 11) is 0. The van der Waals surface area contributed by atoms with Gasteiger partial charge in [-0.1, -0.05) is 40.0 Å². The van der Waals surface area contributed by atoms with Gasteiger partial charge >= 0.3 is 6.09 Å². The summed E-state index contributed by atoms with van der Waals surface area (Å²) < 4.78 is 0. The summed E-state index contributed by atoms with van der Waals surface area (Å²) in [6, 6.07) is 0.336. The molecule has 0 aromatic heterocycles. The van der Waals surface area contributed by atoms with Crippen LogP contribution in [0.3, 0.4) is 0 Å². The fourth-order valence-electron chi connectivity index (χ4n) is 2.10. The van der Waals surface area contributed by atoms with Crippen molar-refractivity contribution in [3.05, 3.63) is 0 Å². The van der Waals surface area contributed by atoms with Crippen LogP contribution < -0.4 is 0 Å². The Kier molecular flexibility index (Phi) is 8.04. The second kappa shape index (κ2) is 8.43. The molecule has 0 radical (unpaired) electrons. The molecule has 0 aliphatic rings. The van der Waals surface area contributed by atoms with Gasteiger partial charge in [-0.25, -0.2) is 4.79 Å². The molecule has 16 heavy (non-hydrogen) atoms. The van der Waals surface area contributed by atoms with Crippen LogP contribution in [-0.4, -0.2) is 28.2 Å². The maximum Gasteiger partial charge on any atom is 0.407 e.